The maximum atomic E-state index is 14.2. The number of hydrogen-bond acceptors (Lipinski definition) is 2. The summed E-state index contributed by atoms with van der Waals surface area (Å²) >= 11 is 0. The van der Waals surface area contributed by atoms with Gasteiger partial charge in [-0.15, -0.1) is 0 Å². The van der Waals surface area contributed by atoms with Crippen LogP contribution >= 0.6 is 7.14 Å². The number of methoxy groups -OCH3 is 1. The summed E-state index contributed by atoms with van der Waals surface area (Å²) in [6, 6.07) is 22.8. The van der Waals surface area contributed by atoms with E-state index in [1.807, 2.05) is 60.7 Å². The van der Waals surface area contributed by atoms with Gasteiger partial charge in [-0.05, 0) is 18.2 Å². The fourth-order valence-corrected chi connectivity index (χ4v) is 5.23. The second kappa shape index (κ2) is 6.39. The van der Waals surface area contributed by atoms with Gasteiger partial charge in [0.1, 0.15) is 0 Å². The molecule has 4 heteroatoms. The number of rotatable bonds is 4. The summed E-state index contributed by atoms with van der Waals surface area (Å²) in [7, 11) is -1.72. The highest BCUT2D eigenvalue weighted by atomic mass is 31.2. The van der Waals surface area contributed by atoms with Crippen molar-refractivity contribution in [1.29, 1.82) is 0 Å². The average Bonchev–Trinajstić information content (AvgIpc) is 2.62. The number of ether oxygens (including phenoxy) is 1. The Balaban J connectivity index is 2.25. The zero-order chi connectivity index (χ0) is 16.3. The van der Waals surface area contributed by atoms with Crippen molar-refractivity contribution in [3.63, 3.8) is 0 Å². The first-order valence-corrected chi connectivity index (χ1v) is 8.92. The molecular formula is C19H16FO2P. The summed E-state index contributed by atoms with van der Waals surface area (Å²) in [6.07, 6.45) is 0. The SMILES string of the molecule is COc1ccc(P(=O)(c2ccccc2)c2ccccc2)cc1F. The van der Waals surface area contributed by atoms with Gasteiger partial charge >= 0.3 is 0 Å². The smallest absolute Gasteiger partial charge is 0.171 e. The molecule has 0 N–H and O–H groups in total. The lowest BCUT2D eigenvalue weighted by molar-refractivity contribution is 0.387. The van der Waals surface area contributed by atoms with Gasteiger partial charge in [0, 0.05) is 15.9 Å². The van der Waals surface area contributed by atoms with Crippen LogP contribution in [0, 0.1) is 5.82 Å². The van der Waals surface area contributed by atoms with E-state index in [1.54, 1.807) is 6.07 Å². The second-order valence-corrected chi connectivity index (χ2v) is 7.87. The van der Waals surface area contributed by atoms with E-state index in [0.29, 0.717) is 15.9 Å². The second-order valence-electron chi connectivity index (χ2n) is 5.10. The molecule has 0 saturated heterocycles. The van der Waals surface area contributed by atoms with Crippen LogP contribution in [0.1, 0.15) is 0 Å². The van der Waals surface area contributed by atoms with E-state index in [4.69, 9.17) is 4.74 Å². The van der Waals surface area contributed by atoms with Crippen molar-refractivity contribution in [3.05, 3.63) is 84.7 Å². The standard InChI is InChI=1S/C19H16FO2P/c1-22-19-13-12-17(14-18(19)20)23(21,15-8-4-2-5-9-15)16-10-6-3-7-11-16/h2-14H,1H3. The molecular weight excluding hydrogens is 310 g/mol. The van der Waals surface area contributed by atoms with Gasteiger partial charge < -0.3 is 9.30 Å². The minimum absolute atomic E-state index is 0.140. The molecule has 0 fully saturated rings. The third-order valence-electron chi connectivity index (χ3n) is 3.74. The summed E-state index contributed by atoms with van der Waals surface area (Å²) in [4.78, 5) is 0. The van der Waals surface area contributed by atoms with Crippen LogP contribution in [-0.2, 0) is 4.57 Å². The summed E-state index contributed by atoms with van der Waals surface area (Å²) in [5.41, 5.74) is 0. The summed E-state index contributed by atoms with van der Waals surface area (Å²) in [5, 5.41) is 1.81. The van der Waals surface area contributed by atoms with Gasteiger partial charge in [-0.2, -0.15) is 0 Å². The van der Waals surface area contributed by atoms with Gasteiger partial charge in [0.2, 0.25) is 0 Å². The molecule has 23 heavy (non-hydrogen) atoms. The largest absolute Gasteiger partial charge is 0.494 e. The molecule has 0 aliphatic rings. The van der Waals surface area contributed by atoms with Crippen molar-refractivity contribution in [2.75, 3.05) is 7.11 Å². The molecule has 0 radical (unpaired) electrons. The van der Waals surface area contributed by atoms with Crippen LogP contribution in [0.5, 0.6) is 5.75 Å². The van der Waals surface area contributed by atoms with E-state index in [9.17, 15) is 8.96 Å². The van der Waals surface area contributed by atoms with Crippen LogP contribution in [0.2, 0.25) is 0 Å². The number of benzene rings is 3. The molecule has 0 spiro atoms. The minimum atomic E-state index is -3.13. The highest BCUT2D eigenvalue weighted by molar-refractivity contribution is 7.85. The molecule has 0 aliphatic heterocycles. The van der Waals surface area contributed by atoms with Gasteiger partial charge in [0.05, 0.1) is 7.11 Å². The Bertz CT molecular complexity index is 804. The van der Waals surface area contributed by atoms with Gasteiger partial charge in [-0.25, -0.2) is 4.39 Å². The molecule has 3 aromatic rings. The molecule has 0 bridgehead atoms. The number of halogens is 1. The Morgan fingerprint density at radius 3 is 1.74 bits per heavy atom. The first-order chi connectivity index (χ1) is 11.2. The van der Waals surface area contributed by atoms with Crippen LogP contribution in [-0.4, -0.2) is 7.11 Å². The topological polar surface area (TPSA) is 26.3 Å². The summed E-state index contributed by atoms with van der Waals surface area (Å²) < 4.78 is 33.1. The quantitative estimate of drug-likeness (QED) is 0.686. The Hall–Kier alpha value is -2.38. The van der Waals surface area contributed by atoms with Crippen molar-refractivity contribution in [3.8, 4) is 5.75 Å². The van der Waals surface area contributed by atoms with Crippen molar-refractivity contribution < 1.29 is 13.7 Å². The summed E-state index contributed by atoms with van der Waals surface area (Å²) in [5.74, 6) is -0.376. The first-order valence-electron chi connectivity index (χ1n) is 7.21. The highest BCUT2D eigenvalue weighted by Gasteiger charge is 2.30. The highest BCUT2D eigenvalue weighted by Crippen LogP contribution is 2.42. The van der Waals surface area contributed by atoms with E-state index in [-0.39, 0.29) is 5.75 Å². The molecule has 0 aromatic heterocycles. The molecule has 0 amide bonds. The molecule has 0 atom stereocenters. The van der Waals surface area contributed by atoms with Crippen LogP contribution in [0.15, 0.2) is 78.9 Å². The first kappa shape index (κ1) is 15.5. The lowest BCUT2D eigenvalue weighted by Gasteiger charge is -2.20. The van der Waals surface area contributed by atoms with Crippen LogP contribution in [0.4, 0.5) is 4.39 Å². The Morgan fingerprint density at radius 1 is 0.783 bits per heavy atom. The van der Waals surface area contributed by atoms with E-state index in [2.05, 4.69) is 0 Å². The predicted octanol–water partition coefficient (Wildman–Crippen LogP) is 3.47. The minimum Gasteiger partial charge on any atom is -0.494 e. The number of hydrogen-bond donors (Lipinski definition) is 0. The van der Waals surface area contributed by atoms with E-state index >= 15 is 0 Å². The Morgan fingerprint density at radius 2 is 1.30 bits per heavy atom. The average molecular weight is 326 g/mol. The Kier molecular flexibility index (Phi) is 4.31. The lowest BCUT2D eigenvalue weighted by atomic mass is 10.3. The predicted molar refractivity (Wildman–Crippen MR) is 92.3 cm³/mol. The molecule has 116 valence electrons. The van der Waals surface area contributed by atoms with E-state index in [0.717, 1.165) is 0 Å². The molecule has 0 aliphatic carbocycles. The normalized spacial score (nSPS) is 11.2. The van der Waals surface area contributed by atoms with Gasteiger partial charge in [-0.3, -0.25) is 0 Å². The van der Waals surface area contributed by atoms with E-state index < -0.39 is 13.0 Å². The van der Waals surface area contributed by atoms with Gasteiger partial charge in [0.15, 0.2) is 18.7 Å². The zero-order valence-corrected chi connectivity index (χ0v) is 13.5. The van der Waals surface area contributed by atoms with Crippen molar-refractivity contribution >= 4 is 23.1 Å². The monoisotopic (exact) mass is 326 g/mol. The third kappa shape index (κ3) is 2.80. The molecule has 2 nitrogen and oxygen atoms in total. The Labute approximate surface area is 134 Å². The van der Waals surface area contributed by atoms with Gasteiger partial charge in [-0.1, -0.05) is 60.7 Å². The van der Waals surface area contributed by atoms with E-state index in [1.165, 1.54) is 19.2 Å². The maximum Gasteiger partial charge on any atom is 0.171 e. The van der Waals surface area contributed by atoms with Crippen molar-refractivity contribution in [2.45, 2.75) is 0 Å². The lowest BCUT2D eigenvalue weighted by Crippen LogP contribution is -2.25. The van der Waals surface area contributed by atoms with Crippen molar-refractivity contribution in [1.82, 2.24) is 0 Å². The fraction of sp³-hybridized carbons (Fsp3) is 0.0526. The summed E-state index contributed by atoms with van der Waals surface area (Å²) in [6.45, 7) is 0. The molecule has 3 aromatic carbocycles. The van der Waals surface area contributed by atoms with Crippen LogP contribution < -0.4 is 20.7 Å². The molecule has 3 rings (SSSR count). The van der Waals surface area contributed by atoms with Crippen molar-refractivity contribution in [2.24, 2.45) is 0 Å². The molecule has 0 saturated carbocycles. The molecule has 0 unspecified atom stereocenters. The fourth-order valence-electron chi connectivity index (χ4n) is 2.57. The van der Waals surface area contributed by atoms with Crippen LogP contribution in [0.3, 0.4) is 0 Å². The zero-order valence-electron chi connectivity index (χ0n) is 12.6. The van der Waals surface area contributed by atoms with Crippen LogP contribution in [0.25, 0.3) is 0 Å². The maximum absolute atomic E-state index is 14.2. The molecule has 0 heterocycles. The van der Waals surface area contributed by atoms with Gasteiger partial charge in [0.25, 0.3) is 0 Å². The third-order valence-corrected chi connectivity index (χ3v) is 6.79.